The second kappa shape index (κ2) is 5.89. The van der Waals surface area contributed by atoms with Crippen molar-refractivity contribution in [2.45, 2.75) is 20.3 Å². The number of para-hydroxylation sites is 1. The van der Waals surface area contributed by atoms with Gasteiger partial charge in [-0.05, 0) is 36.6 Å². The van der Waals surface area contributed by atoms with Crippen molar-refractivity contribution in [1.82, 2.24) is 0 Å². The predicted octanol–water partition coefficient (Wildman–Crippen LogP) is 4.63. The Morgan fingerprint density at radius 1 is 1.11 bits per heavy atom. The molecule has 2 aromatic rings. The van der Waals surface area contributed by atoms with Crippen LogP contribution in [0.1, 0.15) is 22.3 Å². The van der Waals surface area contributed by atoms with Gasteiger partial charge in [-0.15, -0.1) is 0 Å². The lowest BCUT2D eigenvalue weighted by Crippen LogP contribution is -2.01. The lowest BCUT2D eigenvalue weighted by Gasteiger charge is -2.10. The largest absolute Gasteiger partial charge is 0.414 e. The Balaban J connectivity index is 2.30. The maximum absolute atomic E-state index is 10.9. The second-order valence-electron chi connectivity index (χ2n) is 4.55. The second-order valence-corrected chi connectivity index (χ2v) is 4.86. The molecule has 0 unspecified atom stereocenters. The molecule has 0 bridgehead atoms. The number of carbonyl (C=O) groups is 1. The molecule has 98 valence electrons. The van der Waals surface area contributed by atoms with Crippen molar-refractivity contribution in [2.75, 3.05) is 0 Å². The van der Waals surface area contributed by atoms with Crippen LogP contribution in [0, 0.1) is 13.8 Å². The smallest absolute Gasteiger partial charge is 0.409 e. The average molecular weight is 275 g/mol. The molecule has 0 atom stereocenters. The van der Waals surface area contributed by atoms with Crippen LogP contribution < -0.4 is 4.74 Å². The molecule has 2 aromatic carbocycles. The van der Waals surface area contributed by atoms with Gasteiger partial charge in [0.05, 0.1) is 0 Å². The summed E-state index contributed by atoms with van der Waals surface area (Å²) < 4.78 is 5.01. The quantitative estimate of drug-likeness (QED) is 0.763. The van der Waals surface area contributed by atoms with E-state index < -0.39 is 5.43 Å². The third-order valence-electron chi connectivity index (χ3n) is 3.04. The zero-order chi connectivity index (χ0) is 13.8. The number of rotatable bonds is 3. The molecular weight excluding hydrogens is 260 g/mol. The maximum atomic E-state index is 10.9. The molecule has 0 aliphatic rings. The third kappa shape index (κ3) is 3.58. The molecule has 0 amide bonds. The average Bonchev–Trinajstić information content (AvgIpc) is 2.34. The molecule has 0 saturated carbocycles. The Kier molecular flexibility index (Phi) is 4.23. The molecular formula is C16H15ClO2. The molecule has 0 N–H and O–H groups in total. The predicted molar refractivity (Wildman–Crippen MR) is 77.0 cm³/mol. The number of aryl methyl sites for hydroxylation is 2. The summed E-state index contributed by atoms with van der Waals surface area (Å²) in [7, 11) is 0. The fraction of sp³-hybridized carbons (Fsp3) is 0.188. The number of benzene rings is 2. The minimum absolute atomic E-state index is 0.516. The van der Waals surface area contributed by atoms with Crippen LogP contribution in [0.5, 0.6) is 5.75 Å². The van der Waals surface area contributed by atoms with Crippen LogP contribution in [0.3, 0.4) is 0 Å². The Morgan fingerprint density at radius 2 is 1.84 bits per heavy atom. The number of hydrogen-bond acceptors (Lipinski definition) is 2. The topological polar surface area (TPSA) is 26.3 Å². The van der Waals surface area contributed by atoms with Crippen LogP contribution in [-0.2, 0) is 6.42 Å². The van der Waals surface area contributed by atoms with E-state index in [4.69, 9.17) is 16.3 Å². The van der Waals surface area contributed by atoms with E-state index in [0.717, 1.165) is 5.56 Å². The van der Waals surface area contributed by atoms with Crippen molar-refractivity contribution in [2.24, 2.45) is 0 Å². The van der Waals surface area contributed by atoms with E-state index in [9.17, 15) is 4.79 Å². The SMILES string of the molecule is Cc1ccc(Cc2ccccc2OC(=O)Cl)c(C)c1. The first kappa shape index (κ1) is 13.6. The molecule has 19 heavy (non-hydrogen) atoms. The number of halogens is 1. The van der Waals surface area contributed by atoms with Gasteiger partial charge in [0.1, 0.15) is 5.75 Å². The molecule has 0 saturated heterocycles. The van der Waals surface area contributed by atoms with Gasteiger partial charge in [-0.3, -0.25) is 0 Å². The molecule has 0 aliphatic carbocycles. The Morgan fingerprint density at radius 3 is 2.53 bits per heavy atom. The van der Waals surface area contributed by atoms with E-state index in [0.29, 0.717) is 12.2 Å². The maximum Gasteiger partial charge on any atom is 0.409 e. The van der Waals surface area contributed by atoms with Crippen molar-refractivity contribution in [3.8, 4) is 5.75 Å². The zero-order valence-corrected chi connectivity index (χ0v) is 11.7. The molecule has 2 nitrogen and oxygen atoms in total. The number of ether oxygens (including phenoxy) is 1. The molecule has 0 heterocycles. The van der Waals surface area contributed by atoms with Crippen molar-refractivity contribution in [3.05, 3.63) is 64.7 Å². The summed E-state index contributed by atoms with van der Waals surface area (Å²) in [5.74, 6) is 0.516. The van der Waals surface area contributed by atoms with Gasteiger partial charge in [-0.2, -0.15) is 0 Å². The van der Waals surface area contributed by atoms with Gasteiger partial charge in [0.15, 0.2) is 0 Å². The highest BCUT2D eigenvalue weighted by molar-refractivity contribution is 6.61. The van der Waals surface area contributed by atoms with Crippen LogP contribution >= 0.6 is 11.6 Å². The van der Waals surface area contributed by atoms with Crippen LogP contribution in [0.2, 0.25) is 0 Å². The summed E-state index contributed by atoms with van der Waals surface area (Å²) in [6.07, 6.45) is 0.715. The van der Waals surface area contributed by atoms with Crippen molar-refractivity contribution >= 4 is 17.0 Å². The summed E-state index contributed by atoms with van der Waals surface area (Å²) >= 11 is 5.28. The molecule has 2 rings (SSSR count). The summed E-state index contributed by atoms with van der Waals surface area (Å²) in [4.78, 5) is 10.9. The normalized spacial score (nSPS) is 10.3. The third-order valence-corrected chi connectivity index (χ3v) is 3.12. The van der Waals surface area contributed by atoms with Gasteiger partial charge in [0.25, 0.3) is 0 Å². The highest BCUT2D eigenvalue weighted by Crippen LogP contribution is 2.24. The first-order valence-corrected chi connectivity index (χ1v) is 6.45. The highest BCUT2D eigenvalue weighted by atomic mass is 35.5. The molecule has 0 radical (unpaired) electrons. The Hall–Kier alpha value is -1.80. The van der Waals surface area contributed by atoms with Crippen LogP contribution in [0.15, 0.2) is 42.5 Å². The summed E-state index contributed by atoms with van der Waals surface area (Å²) in [6, 6.07) is 13.8. The van der Waals surface area contributed by atoms with Gasteiger partial charge in [0, 0.05) is 18.0 Å². The van der Waals surface area contributed by atoms with E-state index in [1.165, 1.54) is 16.7 Å². The molecule has 0 fully saturated rings. The first-order valence-electron chi connectivity index (χ1n) is 6.07. The lowest BCUT2D eigenvalue weighted by atomic mass is 9.98. The van der Waals surface area contributed by atoms with Gasteiger partial charge < -0.3 is 4.74 Å². The van der Waals surface area contributed by atoms with E-state index >= 15 is 0 Å². The van der Waals surface area contributed by atoms with E-state index in [1.54, 1.807) is 6.07 Å². The van der Waals surface area contributed by atoms with Crippen molar-refractivity contribution in [3.63, 3.8) is 0 Å². The molecule has 0 spiro atoms. The minimum atomic E-state index is -0.812. The summed E-state index contributed by atoms with van der Waals surface area (Å²) in [6.45, 7) is 4.15. The Bertz CT molecular complexity index is 605. The van der Waals surface area contributed by atoms with E-state index in [-0.39, 0.29) is 0 Å². The van der Waals surface area contributed by atoms with Crippen molar-refractivity contribution < 1.29 is 9.53 Å². The monoisotopic (exact) mass is 274 g/mol. The number of carbonyl (C=O) groups excluding carboxylic acids is 1. The lowest BCUT2D eigenvalue weighted by molar-refractivity contribution is 0.225. The van der Waals surface area contributed by atoms with Crippen LogP contribution in [-0.4, -0.2) is 5.43 Å². The minimum Gasteiger partial charge on any atom is -0.414 e. The van der Waals surface area contributed by atoms with Crippen LogP contribution in [0.4, 0.5) is 4.79 Å². The first-order chi connectivity index (χ1) is 9.06. The van der Waals surface area contributed by atoms with E-state index in [2.05, 4.69) is 32.0 Å². The van der Waals surface area contributed by atoms with E-state index in [1.807, 2.05) is 18.2 Å². The standard InChI is InChI=1S/C16H15ClO2/c1-11-7-8-13(12(2)9-11)10-14-5-3-4-6-15(14)19-16(17)18/h3-9H,10H2,1-2H3. The fourth-order valence-corrected chi connectivity index (χ4v) is 2.17. The van der Waals surface area contributed by atoms with Gasteiger partial charge in [0.2, 0.25) is 0 Å². The van der Waals surface area contributed by atoms with Gasteiger partial charge >= 0.3 is 5.43 Å². The summed E-state index contributed by atoms with van der Waals surface area (Å²) in [5, 5.41) is 0. The fourth-order valence-electron chi connectivity index (χ4n) is 2.09. The van der Waals surface area contributed by atoms with Gasteiger partial charge in [-0.25, -0.2) is 4.79 Å². The van der Waals surface area contributed by atoms with Crippen molar-refractivity contribution in [1.29, 1.82) is 0 Å². The summed E-state index contributed by atoms with van der Waals surface area (Å²) in [5.41, 5.74) is 3.81. The zero-order valence-electron chi connectivity index (χ0n) is 10.9. The highest BCUT2D eigenvalue weighted by Gasteiger charge is 2.08. The molecule has 0 aromatic heterocycles. The van der Waals surface area contributed by atoms with Gasteiger partial charge in [-0.1, -0.05) is 42.0 Å². The number of hydrogen-bond donors (Lipinski definition) is 0. The molecule has 3 heteroatoms. The molecule has 0 aliphatic heterocycles. The van der Waals surface area contributed by atoms with Crippen LogP contribution in [0.25, 0.3) is 0 Å². The Labute approximate surface area is 118 Å².